The number of rotatable bonds is 5. The molecule has 4 rings (SSSR count). The lowest BCUT2D eigenvalue weighted by atomic mass is 10.1. The lowest BCUT2D eigenvalue weighted by molar-refractivity contribution is 0.102. The van der Waals surface area contributed by atoms with Crippen molar-refractivity contribution in [2.45, 2.75) is 30.8 Å². The van der Waals surface area contributed by atoms with Gasteiger partial charge < -0.3 is 4.57 Å². The fourth-order valence-electron chi connectivity index (χ4n) is 2.78. The van der Waals surface area contributed by atoms with Gasteiger partial charge in [-0.05, 0) is 36.8 Å². The van der Waals surface area contributed by atoms with Crippen LogP contribution in [0.2, 0.25) is 0 Å². The molecule has 3 aromatic rings. The monoisotopic (exact) mass is 343 g/mol. The molecule has 118 valence electrons. The second-order valence-corrected chi connectivity index (χ2v) is 7.93. The molecule has 0 spiro atoms. The van der Waals surface area contributed by atoms with Crippen molar-refractivity contribution in [3.05, 3.63) is 40.5 Å². The van der Waals surface area contributed by atoms with Gasteiger partial charge in [-0.25, -0.2) is 0 Å². The standard InChI is InChI=1S/C17H17N3OS2/c1-10-12-5-3-4-6-14(12)23-15(10)13(21)9-22-17-19-18-16(20(17)2)11-7-8-11/h3-6,11H,7-9H2,1-2H3. The molecule has 1 saturated carbocycles. The van der Waals surface area contributed by atoms with Crippen LogP contribution < -0.4 is 0 Å². The predicted octanol–water partition coefficient (Wildman–Crippen LogP) is 4.19. The van der Waals surface area contributed by atoms with Gasteiger partial charge in [0.1, 0.15) is 5.82 Å². The molecule has 0 unspecified atom stereocenters. The number of aromatic nitrogens is 3. The van der Waals surface area contributed by atoms with Crippen LogP contribution in [0.1, 0.15) is 39.8 Å². The van der Waals surface area contributed by atoms with E-state index in [0.29, 0.717) is 11.7 Å². The Morgan fingerprint density at radius 3 is 2.87 bits per heavy atom. The van der Waals surface area contributed by atoms with Gasteiger partial charge in [0.15, 0.2) is 10.9 Å². The summed E-state index contributed by atoms with van der Waals surface area (Å²) < 4.78 is 3.21. The third kappa shape index (κ3) is 2.70. The topological polar surface area (TPSA) is 47.8 Å². The molecule has 0 amide bonds. The zero-order chi connectivity index (χ0) is 16.0. The molecule has 6 heteroatoms. The average Bonchev–Trinajstić information content (AvgIpc) is 3.26. The molecular formula is C17H17N3OS2. The van der Waals surface area contributed by atoms with Crippen LogP contribution in [-0.4, -0.2) is 26.3 Å². The summed E-state index contributed by atoms with van der Waals surface area (Å²) in [6, 6.07) is 8.18. The SMILES string of the molecule is Cc1c(C(=O)CSc2nnc(C3CC3)n2C)sc2ccccc12. The van der Waals surface area contributed by atoms with E-state index in [0.717, 1.165) is 21.4 Å². The zero-order valence-electron chi connectivity index (χ0n) is 13.1. The quantitative estimate of drug-likeness (QED) is 0.515. The molecule has 0 saturated heterocycles. The first-order chi connectivity index (χ1) is 11.1. The van der Waals surface area contributed by atoms with Gasteiger partial charge in [-0.3, -0.25) is 4.79 Å². The average molecular weight is 343 g/mol. The normalized spacial score (nSPS) is 14.5. The Balaban J connectivity index is 1.52. The van der Waals surface area contributed by atoms with Crippen molar-refractivity contribution < 1.29 is 4.79 Å². The van der Waals surface area contributed by atoms with E-state index in [-0.39, 0.29) is 5.78 Å². The highest BCUT2D eigenvalue weighted by Crippen LogP contribution is 2.39. The molecule has 0 radical (unpaired) electrons. The number of aryl methyl sites for hydroxylation is 1. The molecule has 2 aromatic heterocycles. The molecule has 1 fully saturated rings. The maximum atomic E-state index is 12.6. The number of carbonyl (C=O) groups is 1. The fourth-order valence-corrected chi connectivity index (χ4v) is 4.81. The second-order valence-electron chi connectivity index (χ2n) is 5.94. The van der Waals surface area contributed by atoms with Gasteiger partial charge in [-0.2, -0.15) is 0 Å². The van der Waals surface area contributed by atoms with Crippen LogP contribution in [0.15, 0.2) is 29.4 Å². The molecular weight excluding hydrogens is 326 g/mol. The van der Waals surface area contributed by atoms with E-state index in [2.05, 4.69) is 22.3 Å². The van der Waals surface area contributed by atoms with Crippen LogP contribution in [-0.2, 0) is 7.05 Å². The molecule has 1 aliphatic carbocycles. The molecule has 1 aromatic carbocycles. The number of ketones is 1. The van der Waals surface area contributed by atoms with Crippen LogP contribution in [0.5, 0.6) is 0 Å². The van der Waals surface area contributed by atoms with E-state index in [1.165, 1.54) is 34.7 Å². The predicted molar refractivity (Wildman–Crippen MR) is 94.6 cm³/mol. The molecule has 4 nitrogen and oxygen atoms in total. The van der Waals surface area contributed by atoms with Crippen LogP contribution in [0.25, 0.3) is 10.1 Å². The van der Waals surface area contributed by atoms with Gasteiger partial charge in [0.05, 0.1) is 10.6 Å². The molecule has 2 heterocycles. The van der Waals surface area contributed by atoms with E-state index in [1.807, 2.05) is 30.7 Å². The number of carbonyl (C=O) groups excluding carboxylic acids is 1. The molecule has 23 heavy (non-hydrogen) atoms. The summed E-state index contributed by atoms with van der Waals surface area (Å²) >= 11 is 3.07. The van der Waals surface area contributed by atoms with Gasteiger partial charge in [0.25, 0.3) is 0 Å². The third-order valence-corrected chi connectivity index (χ3v) is 6.57. The highest BCUT2D eigenvalue weighted by Gasteiger charge is 2.29. The number of thiophene rings is 1. The largest absolute Gasteiger partial charge is 0.309 e. The van der Waals surface area contributed by atoms with Crippen LogP contribution in [0, 0.1) is 6.92 Å². The highest BCUT2D eigenvalue weighted by atomic mass is 32.2. The van der Waals surface area contributed by atoms with Crippen LogP contribution in [0.4, 0.5) is 0 Å². The molecule has 0 bridgehead atoms. The van der Waals surface area contributed by atoms with Gasteiger partial charge in [-0.15, -0.1) is 21.5 Å². The van der Waals surface area contributed by atoms with Crippen LogP contribution in [0.3, 0.4) is 0 Å². The minimum Gasteiger partial charge on any atom is -0.309 e. The lowest BCUT2D eigenvalue weighted by Crippen LogP contribution is -2.04. The second kappa shape index (κ2) is 5.76. The highest BCUT2D eigenvalue weighted by molar-refractivity contribution is 7.99. The van der Waals surface area contributed by atoms with Crippen molar-refractivity contribution in [3.8, 4) is 0 Å². The van der Waals surface area contributed by atoms with E-state index >= 15 is 0 Å². The number of hydrogen-bond donors (Lipinski definition) is 0. The first kappa shape index (κ1) is 14.9. The smallest absolute Gasteiger partial charge is 0.191 e. The number of benzene rings is 1. The van der Waals surface area contributed by atoms with Gasteiger partial charge in [-0.1, -0.05) is 30.0 Å². The van der Waals surface area contributed by atoms with Crippen molar-refractivity contribution in [3.63, 3.8) is 0 Å². The minimum atomic E-state index is 0.171. The Bertz CT molecular complexity index is 893. The maximum absolute atomic E-state index is 12.6. The number of thioether (sulfide) groups is 1. The number of nitrogens with zero attached hydrogens (tertiary/aromatic N) is 3. The molecule has 1 aliphatic rings. The third-order valence-electron chi connectivity index (χ3n) is 4.24. The van der Waals surface area contributed by atoms with E-state index in [4.69, 9.17) is 0 Å². The number of hydrogen-bond acceptors (Lipinski definition) is 5. The Morgan fingerprint density at radius 1 is 1.35 bits per heavy atom. The van der Waals surface area contributed by atoms with Crippen molar-refractivity contribution in [1.82, 2.24) is 14.8 Å². The number of Topliss-reactive ketones (excluding diaryl/α,β-unsaturated/α-hetero) is 1. The summed E-state index contributed by atoms with van der Waals surface area (Å²) in [5.74, 6) is 2.20. The first-order valence-electron chi connectivity index (χ1n) is 7.68. The maximum Gasteiger partial charge on any atom is 0.191 e. The van der Waals surface area contributed by atoms with Gasteiger partial charge in [0.2, 0.25) is 0 Å². The first-order valence-corrected chi connectivity index (χ1v) is 9.48. The van der Waals surface area contributed by atoms with E-state index < -0.39 is 0 Å². The summed E-state index contributed by atoms with van der Waals surface area (Å²) in [7, 11) is 1.99. The minimum absolute atomic E-state index is 0.171. The fraction of sp³-hybridized carbons (Fsp3) is 0.353. The van der Waals surface area contributed by atoms with E-state index in [1.54, 1.807) is 11.3 Å². The number of fused-ring (bicyclic) bond motifs is 1. The molecule has 0 N–H and O–H groups in total. The summed E-state index contributed by atoms with van der Waals surface area (Å²) in [6.07, 6.45) is 2.41. The Kier molecular flexibility index (Phi) is 3.73. The molecule has 0 aliphatic heterocycles. The Labute approximate surface area is 142 Å². The van der Waals surface area contributed by atoms with E-state index in [9.17, 15) is 4.79 Å². The van der Waals surface area contributed by atoms with Crippen LogP contribution >= 0.6 is 23.1 Å². The Hall–Kier alpha value is -1.66. The van der Waals surface area contributed by atoms with Gasteiger partial charge >= 0.3 is 0 Å². The molecule has 0 atom stereocenters. The van der Waals surface area contributed by atoms with Crippen molar-refractivity contribution in [1.29, 1.82) is 0 Å². The summed E-state index contributed by atoms with van der Waals surface area (Å²) in [5, 5.41) is 10.5. The summed E-state index contributed by atoms with van der Waals surface area (Å²) in [4.78, 5) is 13.5. The summed E-state index contributed by atoms with van der Waals surface area (Å²) in [6.45, 7) is 2.03. The van der Waals surface area contributed by atoms with Crippen molar-refractivity contribution in [2.75, 3.05) is 5.75 Å². The van der Waals surface area contributed by atoms with Crippen molar-refractivity contribution >= 4 is 39.0 Å². The van der Waals surface area contributed by atoms with Gasteiger partial charge in [0, 0.05) is 17.7 Å². The Morgan fingerprint density at radius 2 is 2.13 bits per heavy atom. The summed E-state index contributed by atoms with van der Waals surface area (Å²) in [5.41, 5.74) is 1.09. The van der Waals surface area contributed by atoms with Crippen molar-refractivity contribution in [2.24, 2.45) is 7.05 Å². The lowest BCUT2D eigenvalue weighted by Gasteiger charge is -2.02. The zero-order valence-corrected chi connectivity index (χ0v) is 14.7.